The number of hydrogen-bond acceptors (Lipinski definition) is 3. The molecule has 2 N–H and O–H groups in total. The van der Waals surface area contributed by atoms with Gasteiger partial charge in [0.05, 0.1) is 16.4 Å². The molecule has 0 bridgehead atoms. The summed E-state index contributed by atoms with van der Waals surface area (Å²) in [5, 5.41) is 1.59. The molecule has 0 aliphatic rings. The van der Waals surface area contributed by atoms with Crippen LogP contribution in [-0.4, -0.2) is 4.98 Å². The number of hydrogen-bond donors (Lipinski definition) is 1. The zero-order chi connectivity index (χ0) is 11.5. The lowest BCUT2D eigenvalue weighted by Crippen LogP contribution is -1.88. The van der Waals surface area contributed by atoms with Crippen LogP contribution in [0.1, 0.15) is 0 Å². The Kier molecular flexibility index (Phi) is 3.74. The van der Waals surface area contributed by atoms with Gasteiger partial charge in [-0.3, -0.25) is 0 Å². The van der Waals surface area contributed by atoms with Crippen molar-refractivity contribution in [2.45, 2.75) is 9.92 Å². The van der Waals surface area contributed by atoms with Gasteiger partial charge in [0.15, 0.2) is 0 Å². The Morgan fingerprint density at radius 1 is 1.31 bits per heavy atom. The third kappa shape index (κ3) is 2.90. The van der Waals surface area contributed by atoms with E-state index < -0.39 is 0 Å². The van der Waals surface area contributed by atoms with E-state index in [0.29, 0.717) is 5.69 Å². The Balaban J connectivity index is 2.27. The Morgan fingerprint density at radius 2 is 2.12 bits per heavy atom. The van der Waals surface area contributed by atoms with Gasteiger partial charge in [-0.15, -0.1) is 0 Å². The number of aromatic nitrogens is 1. The normalized spacial score (nSPS) is 10.4. The van der Waals surface area contributed by atoms with Crippen LogP contribution in [0.3, 0.4) is 0 Å². The molecule has 0 unspecified atom stereocenters. The van der Waals surface area contributed by atoms with Crippen LogP contribution in [0.5, 0.6) is 0 Å². The smallest absolute Gasteiger partial charge is 0.115 e. The number of nitrogens with two attached hydrogens (primary N) is 1. The minimum atomic E-state index is 0.641. The summed E-state index contributed by atoms with van der Waals surface area (Å²) < 4.78 is 0.887. The van der Waals surface area contributed by atoms with Crippen LogP contribution in [-0.2, 0) is 0 Å². The average molecular weight is 316 g/mol. The van der Waals surface area contributed by atoms with Crippen molar-refractivity contribution in [3.63, 3.8) is 0 Å². The van der Waals surface area contributed by atoms with Crippen molar-refractivity contribution in [1.82, 2.24) is 4.98 Å². The predicted molar refractivity (Wildman–Crippen MR) is 71.9 cm³/mol. The average Bonchev–Trinajstić information content (AvgIpc) is 2.22. The van der Waals surface area contributed by atoms with Crippen molar-refractivity contribution in [2.24, 2.45) is 0 Å². The number of anilines is 1. The molecule has 0 amide bonds. The molecule has 0 atom stereocenters. The van der Waals surface area contributed by atoms with Gasteiger partial charge in [0.25, 0.3) is 0 Å². The van der Waals surface area contributed by atoms with E-state index in [1.54, 1.807) is 6.20 Å². The van der Waals surface area contributed by atoms with E-state index in [4.69, 9.17) is 17.3 Å². The van der Waals surface area contributed by atoms with Gasteiger partial charge in [-0.1, -0.05) is 29.4 Å². The van der Waals surface area contributed by atoms with Crippen molar-refractivity contribution in [3.8, 4) is 0 Å². The minimum absolute atomic E-state index is 0.641. The van der Waals surface area contributed by atoms with Crippen molar-refractivity contribution < 1.29 is 0 Å². The van der Waals surface area contributed by atoms with Crippen LogP contribution in [0.15, 0.2) is 50.9 Å². The number of nitrogens with zero attached hydrogens (tertiary/aromatic N) is 1. The first-order valence-electron chi connectivity index (χ1n) is 4.49. The highest BCUT2D eigenvalue weighted by Gasteiger charge is 2.04. The number of rotatable bonds is 2. The Bertz CT molecular complexity index is 519. The first-order chi connectivity index (χ1) is 7.65. The van der Waals surface area contributed by atoms with Gasteiger partial charge < -0.3 is 5.73 Å². The largest absolute Gasteiger partial charge is 0.397 e. The van der Waals surface area contributed by atoms with Crippen LogP contribution in [0.4, 0.5) is 5.69 Å². The topological polar surface area (TPSA) is 38.9 Å². The molecule has 2 aromatic rings. The van der Waals surface area contributed by atoms with Crippen molar-refractivity contribution in [3.05, 3.63) is 46.0 Å². The third-order valence-corrected chi connectivity index (χ3v) is 3.95. The fraction of sp³-hybridized carbons (Fsp3) is 0. The maximum absolute atomic E-state index is 5.91. The van der Waals surface area contributed by atoms with Gasteiger partial charge in [0, 0.05) is 9.92 Å². The fourth-order valence-electron chi connectivity index (χ4n) is 1.16. The summed E-state index contributed by atoms with van der Waals surface area (Å²) in [6.45, 7) is 0. The minimum Gasteiger partial charge on any atom is -0.397 e. The van der Waals surface area contributed by atoms with Crippen molar-refractivity contribution in [2.75, 3.05) is 5.73 Å². The van der Waals surface area contributed by atoms with E-state index in [2.05, 4.69) is 20.9 Å². The van der Waals surface area contributed by atoms with Gasteiger partial charge in [0.2, 0.25) is 0 Å². The molecule has 0 aliphatic carbocycles. The van der Waals surface area contributed by atoms with E-state index in [1.165, 1.54) is 11.8 Å². The van der Waals surface area contributed by atoms with Crippen LogP contribution in [0.2, 0.25) is 5.02 Å². The van der Waals surface area contributed by atoms with E-state index in [1.807, 2.05) is 30.3 Å². The van der Waals surface area contributed by atoms with E-state index in [0.717, 1.165) is 19.4 Å². The number of halogens is 2. The van der Waals surface area contributed by atoms with Crippen molar-refractivity contribution >= 4 is 45.0 Å². The molecule has 1 aromatic carbocycles. The second kappa shape index (κ2) is 5.08. The molecule has 0 saturated heterocycles. The molecule has 1 aromatic heterocycles. The van der Waals surface area contributed by atoms with Gasteiger partial charge >= 0.3 is 0 Å². The standard InChI is InChI=1S/C11H8BrClN2S/c12-10-5-8(14)6-15-11(10)16-9-3-1-2-7(13)4-9/h1-6H,14H2. The monoisotopic (exact) mass is 314 g/mol. The highest BCUT2D eigenvalue weighted by atomic mass is 79.9. The summed E-state index contributed by atoms with van der Waals surface area (Å²) in [6.07, 6.45) is 1.64. The Labute approximate surface area is 111 Å². The Hall–Kier alpha value is -0.710. The van der Waals surface area contributed by atoms with Crippen LogP contribution < -0.4 is 5.73 Å². The summed E-state index contributed by atoms with van der Waals surface area (Å²) in [7, 11) is 0. The predicted octanol–water partition coefficient (Wildman–Crippen LogP) is 4.23. The molecule has 0 saturated carbocycles. The molecule has 0 fully saturated rings. The van der Waals surface area contributed by atoms with E-state index in [9.17, 15) is 0 Å². The summed E-state index contributed by atoms with van der Waals surface area (Å²) in [4.78, 5) is 5.30. The molecule has 16 heavy (non-hydrogen) atoms. The summed E-state index contributed by atoms with van der Waals surface area (Å²) in [6, 6.07) is 9.48. The first kappa shape index (κ1) is 11.8. The zero-order valence-corrected chi connectivity index (χ0v) is 11.3. The molecule has 2 rings (SSSR count). The second-order valence-electron chi connectivity index (χ2n) is 3.12. The summed E-state index contributed by atoms with van der Waals surface area (Å²) in [5.74, 6) is 0. The molecule has 0 aliphatic heterocycles. The van der Waals surface area contributed by atoms with E-state index in [-0.39, 0.29) is 0 Å². The van der Waals surface area contributed by atoms with Crippen LogP contribution >= 0.6 is 39.3 Å². The van der Waals surface area contributed by atoms with Gasteiger partial charge in [-0.2, -0.15) is 0 Å². The third-order valence-electron chi connectivity index (χ3n) is 1.84. The maximum atomic E-state index is 5.91. The molecular formula is C11H8BrClN2S. The number of nitrogen functional groups attached to an aromatic ring is 1. The lowest BCUT2D eigenvalue weighted by Gasteiger charge is -2.04. The molecule has 1 heterocycles. The highest BCUT2D eigenvalue weighted by Crippen LogP contribution is 2.33. The number of benzene rings is 1. The number of pyridine rings is 1. The van der Waals surface area contributed by atoms with Crippen LogP contribution in [0, 0.1) is 0 Å². The molecule has 5 heteroatoms. The SMILES string of the molecule is Nc1cnc(Sc2cccc(Cl)c2)c(Br)c1. The molecule has 82 valence electrons. The molecule has 0 radical (unpaired) electrons. The maximum Gasteiger partial charge on any atom is 0.115 e. The molecule has 0 spiro atoms. The second-order valence-corrected chi connectivity index (χ2v) is 5.47. The summed E-state index contributed by atoms with van der Waals surface area (Å²) >= 11 is 10.9. The molecule has 2 nitrogen and oxygen atoms in total. The quantitative estimate of drug-likeness (QED) is 0.901. The van der Waals surface area contributed by atoms with Crippen molar-refractivity contribution in [1.29, 1.82) is 0 Å². The van der Waals surface area contributed by atoms with Gasteiger partial charge in [-0.25, -0.2) is 4.98 Å². The lowest BCUT2D eigenvalue weighted by atomic mass is 10.4. The lowest BCUT2D eigenvalue weighted by molar-refractivity contribution is 1.11. The first-order valence-corrected chi connectivity index (χ1v) is 6.48. The van der Waals surface area contributed by atoms with Gasteiger partial charge in [-0.05, 0) is 40.2 Å². The molecular weight excluding hydrogens is 308 g/mol. The summed E-state index contributed by atoms with van der Waals surface area (Å²) in [5.41, 5.74) is 6.26. The van der Waals surface area contributed by atoms with Crippen LogP contribution in [0.25, 0.3) is 0 Å². The Morgan fingerprint density at radius 3 is 2.81 bits per heavy atom. The van der Waals surface area contributed by atoms with Gasteiger partial charge in [0.1, 0.15) is 5.03 Å². The highest BCUT2D eigenvalue weighted by molar-refractivity contribution is 9.10. The zero-order valence-electron chi connectivity index (χ0n) is 8.15. The van der Waals surface area contributed by atoms with E-state index >= 15 is 0 Å². The fourth-order valence-corrected chi connectivity index (χ4v) is 2.84.